The Balaban J connectivity index is 1.76. The fraction of sp³-hybridized carbons (Fsp3) is 0.294. The molecule has 0 aliphatic carbocycles. The van der Waals surface area contributed by atoms with Gasteiger partial charge in [-0.05, 0) is 12.1 Å². The van der Waals surface area contributed by atoms with E-state index in [0.29, 0.717) is 0 Å². The number of nitrogen functional groups attached to an aromatic ring is 1. The summed E-state index contributed by atoms with van der Waals surface area (Å²) in [6.07, 6.45) is -4.02. The summed E-state index contributed by atoms with van der Waals surface area (Å²) in [5.41, 5.74) is 7.60. The van der Waals surface area contributed by atoms with Crippen molar-refractivity contribution in [2.75, 3.05) is 17.8 Å². The zero-order valence-corrected chi connectivity index (χ0v) is 15.7. The molecule has 0 bridgehead atoms. The average molecular weight is 433 g/mol. The van der Waals surface area contributed by atoms with Crippen molar-refractivity contribution in [2.45, 2.75) is 24.5 Å². The van der Waals surface area contributed by atoms with Gasteiger partial charge in [0.25, 0.3) is 5.56 Å². The minimum absolute atomic E-state index is 0.0544. The van der Waals surface area contributed by atoms with Crippen LogP contribution < -0.4 is 16.7 Å². The third-order valence-corrected chi connectivity index (χ3v) is 4.72. The van der Waals surface area contributed by atoms with Gasteiger partial charge in [-0.2, -0.15) is 10.1 Å². The molecule has 0 radical (unpaired) electrons. The zero-order valence-electron chi connectivity index (χ0n) is 15.7. The lowest BCUT2D eigenvalue weighted by molar-refractivity contribution is -0.0501. The third kappa shape index (κ3) is 3.64. The number of hydrazone groups is 1. The minimum atomic E-state index is -1.48. The standard InChI is InChI=1S/C17H19N7O7/c18-16-21-13-10(14(30)22-16)20-17(23-19-4-6-1-2-7(26)3-8(6)27)24(13)15-12(29)11(28)9(5-25)31-15/h1-4,9,11-12,15,25-29H,5H2,(H,20,23)(H3,18,21,22,30)/b19-4-/t9-,11+,12+,15-/m1/s1. The summed E-state index contributed by atoms with van der Waals surface area (Å²) >= 11 is 0. The Kier molecular flexibility index (Phi) is 5.20. The van der Waals surface area contributed by atoms with E-state index in [-0.39, 0.29) is 40.1 Å². The van der Waals surface area contributed by atoms with Crippen LogP contribution in [0.5, 0.6) is 11.5 Å². The Morgan fingerprint density at radius 3 is 2.74 bits per heavy atom. The van der Waals surface area contributed by atoms with Crippen LogP contribution in [0.1, 0.15) is 11.8 Å². The number of aromatic nitrogens is 4. The van der Waals surface area contributed by atoms with E-state index in [1.165, 1.54) is 22.9 Å². The number of phenols is 2. The van der Waals surface area contributed by atoms with Gasteiger partial charge in [-0.15, -0.1) is 0 Å². The van der Waals surface area contributed by atoms with Crippen LogP contribution >= 0.6 is 0 Å². The number of nitrogens with two attached hydrogens (primary N) is 1. The maximum atomic E-state index is 12.3. The van der Waals surface area contributed by atoms with Crippen molar-refractivity contribution in [3.63, 3.8) is 0 Å². The van der Waals surface area contributed by atoms with E-state index < -0.39 is 36.7 Å². The lowest BCUT2D eigenvalue weighted by Gasteiger charge is -2.18. The molecule has 0 saturated carbocycles. The maximum absolute atomic E-state index is 12.3. The Morgan fingerprint density at radius 2 is 2.06 bits per heavy atom. The smallest absolute Gasteiger partial charge is 0.280 e. The molecule has 31 heavy (non-hydrogen) atoms. The summed E-state index contributed by atoms with van der Waals surface area (Å²) in [6.45, 7) is -0.557. The summed E-state index contributed by atoms with van der Waals surface area (Å²) in [6, 6.07) is 3.89. The number of rotatable bonds is 5. The molecule has 14 heteroatoms. The predicted octanol–water partition coefficient (Wildman–Crippen LogP) is -1.83. The number of H-pyrrole nitrogens is 1. The average Bonchev–Trinajstić information content (AvgIpc) is 3.21. The van der Waals surface area contributed by atoms with Gasteiger partial charge in [0.2, 0.25) is 11.9 Å². The van der Waals surface area contributed by atoms with Gasteiger partial charge in [-0.1, -0.05) is 0 Å². The largest absolute Gasteiger partial charge is 0.508 e. The number of aliphatic hydroxyl groups is 3. The number of imidazole rings is 1. The first-order valence-electron chi connectivity index (χ1n) is 9.01. The van der Waals surface area contributed by atoms with Crippen LogP contribution in [0.25, 0.3) is 11.2 Å². The van der Waals surface area contributed by atoms with Crippen molar-refractivity contribution in [3.8, 4) is 11.5 Å². The molecule has 4 rings (SSSR count). The van der Waals surface area contributed by atoms with Gasteiger partial charge in [0.05, 0.1) is 12.8 Å². The van der Waals surface area contributed by atoms with Crippen LogP contribution in [0, 0.1) is 0 Å². The van der Waals surface area contributed by atoms with Gasteiger partial charge >= 0.3 is 0 Å². The summed E-state index contributed by atoms with van der Waals surface area (Å²) < 4.78 is 6.70. The molecule has 0 amide bonds. The summed E-state index contributed by atoms with van der Waals surface area (Å²) in [4.78, 5) is 22.7. The van der Waals surface area contributed by atoms with Crippen LogP contribution in [-0.4, -0.2) is 76.2 Å². The Labute approximate surface area is 172 Å². The summed E-state index contributed by atoms with van der Waals surface area (Å²) in [5, 5.41) is 53.0. The Morgan fingerprint density at radius 1 is 1.29 bits per heavy atom. The zero-order chi connectivity index (χ0) is 22.3. The van der Waals surface area contributed by atoms with E-state index in [0.717, 1.165) is 6.07 Å². The van der Waals surface area contributed by atoms with Gasteiger partial charge in [-0.25, -0.2) is 10.4 Å². The topological polar surface area (TPSA) is 224 Å². The van der Waals surface area contributed by atoms with Gasteiger partial charge in [0, 0.05) is 11.6 Å². The first-order chi connectivity index (χ1) is 14.8. The lowest BCUT2D eigenvalue weighted by atomic mass is 10.1. The van der Waals surface area contributed by atoms with Crippen molar-refractivity contribution in [3.05, 3.63) is 34.1 Å². The number of nitrogens with one attached hydrogen (secondary N) is 2. The quantitative estimate of drug-likeness (QED) is 0.165. The molecule has 1 aliphatic rings. The first-order valence-corrected chi connectivity index (χ1v) is 9.01. The molecule has 0 spiro atoms. The molecule has 164 valence electrons. The van der Waals surface area contributed by atoms with E-state index in [2.05, 4.69) is 25.5 Å². The molecule has 1 fully saturated rings. The van der Waals surface area contributed by atoms with E-state index in [1.54, 1.807) is 0 Å². The Bertz CT molecular complexity index is 1210. The number of ether oxygens (including phenoxy) is 1. The molecule has 3 heterocycles. The second-order valence-corrected chi connectivity index (χ2v) is 6.77. The van der Waals surface area contributed by atoms with Gasteiger partial charge < -0.3 is 36.0 Å². The number of benzene rings is 1. The van der Waals surface area contributed by atoms with Gasteiger partial charge in [0.1, 0.15) is 29.8 Å². The Hall–Kier alpha value is -3.72. The number of nitrogens with zero attached hydrogens (tertiary/aromatic N) is 4. The molecule has 0 unspecified atom stereocenters. The molecule has 2 aromatic heterocycles. The number of hydrogen-bond acceptors (Lipinski definition) is 12. The molecule has 1 aliphatic heterocycles. The van der Waals surface area contributed by atoms with Crippen molar-refractivity contribution < 1.29 is 30.3 Å². The molecule has 1 aromatic carbocycles. The molecule has 3 aromatic rings. The first kappa shape index (κ1) is 20.5. The second-order valence-electron chi connectivity index (χ2n) is 6.77. The highest BCUT2D eigenvalue weighted by atomic mass is 16.6. The number of hydrogen-bond donors (Lipinski definition) is 8. The summed E-state index contributed by atoms with van der Waals surface area (Å²) in [7, 11) is 0. The second kappa shape index (κ2) is 7.84. The molecule has 1 saturated heterocycles. The number of aromatic hydroxyl groups is 2. The molecule has 9 N–H and O–H groups in total. The van der Waals surface area contributed by atoms with E-state index in [1.807, 2.05) is 0 Å². The van der Waals surface area contributed by atoms with Crippen molar-refractivity contribution >= 4 is 29.3 Å². The molecular weight excluding hydrogens is 414 g/mol. The highest BCUT2D eigenvalue weighted by Crippen LogP contribution is 2.34. The third-order valence-electron chi connectivity index (χ3n) is 4.72. The van der Waals surface area contributed by atoms with Crippen LogP contribution in [-0.2, 0) is 4.74 Å². The fourth-order valence-corrected chi connectivity index (χ4v) is 3.21. The van der Waals surface area contributed by atoms with Crippen LogP contribution in [0.4, 0.5) is 11.9 Å². The normalized spacial score (nSPS) is 23.7. The van der Waals surface area contributed by atoms with E-state index in [9.17, 15) is 30.3 Å². The number of anilines is 2. The van der Waals surface area contributed by atoms with Crippen molar-refractivity contribution in [1.29, 1.82) is 0 Å². The maximum Gasteiger partial charge on any atom is 0.280 e. The number of aromatic amines is 1. The molecule has 14 nitrogen and oxygen atoms in total. The van der Waals surface area contributed by atoms with Crippen molar-refractivity contribution in [1.82, 2.24) is 19.5 Å². The summed E-state index contributed by atoms with van der Waals surface area (Å²) in [5.74, 6) is -0.664. The molecule has 4 atom stereocenters. The number of phenolic OH excluding ortho intramolecular Hbond substituents is 2. The van der Waals surface area contributed by atoms with Crippen LogP contribution in [0.2, 0.25) is 0 Å². The highest BCUT2D eigenvalue weighted by molar-refractivity contribution is 5.84. The van der Waals surface area contributed by atoms with E-state index in [4.69, 9.17) is 10.5 Å². The number of aliphatic hydroxyl groups excluding tert-OH is 3. The SMILES string of the molecule is Nc1nc2c(nc(N/N=C\c3ccc(O)cc3O)n2[C@@H]2O[C@H](CO)[C@H](O)[C@@H]2O)c(=O)[nH]1. The van der Waals surface area contributed by atoms with E-state index >= 15 is 0 Å². The van der Waals surface area contributed by atoms with Gasteiger partial charge in [-0.3, -0.25) is 14.3 Å². The van der Waals surface area contributed by atoms with Crippen LogP contribution in [0.3, 0.4) is 0 Å². The monoisotopic (exact) mass is 433 g/mol. The van der Waals surface area contributed by atoms with Crippen LogP contribution in [0.15, 0.2) is 28.1 Å². The number of fused-ring (bicyclic) bond motifs is 1. The predicted molar refractivity (Wildman–Crippen MR) is 107 cm³/mol. The highest BCUT2D eigenvalue weighted by Gasteiger charge is 2.45. The van der Waals surface area contributed by atoms with Crippen molar-refractivity contribution in [2.24, 2.45) is 5.10 Å². The fourth-order valence-electron chi connectivity index (χ4n) is 3.21. The van der Waals surface area contributed by atoms with Gasteiger partial charge in [0.15, 0.2) is 17.4 Å². The minimum Gasteiger partial charge on any atom is -0.508 e. The lowest BCUT2D eigenvalue weighted by Crippen LogP contribution is -2.33. The molecular formula is C17H19N7O7.